The minimum Gasteiger partial charge on any atom is -0.497 e. The van der Waals surface area contributed by atoms with Gasteiger partial charge in [-0.25, -0.2) is 0 Å². The van der Waals surface area contributed by atoms with E-state index in [-0.39, 0.29) is 12.1 Å². The molecule has 22 heavy (non-hydrogen) atoms. The van der Waals surface area contributed by atoms with E-state index in [0.29, 0.717) is 22.0 Å². The van der Waals surface area contributed by atoms with Gasteiger partial charge in [0.25, 0.3) is 5.92 Å². The van der Waals surface area contributed by atoms with Crippen LogP contribution in [0, 0.1) is 0 Å². The Hall–Kier alpha value is -1.85. The molecule has 0 spiro atoms. The van der Waals surface area contributed by atoms with Crippen LogP contribution >= 0.6 is 11.6 Å². The van der Waals surface area contributed by atoms with Gasteiger partial charge < -0.3 is 15.8 Å². The molecular weight excluding hydrogens is 310 g/mol. The lowest BCUT2D eigenvalue weighted by atomic mass is 10.0. The van der Waals surface area contributed by atoms with Crippen molar-refractivity contribution in [3.63, 3.8) is 0 Å². The van der Waals surface area contributed by atoms with Gasteiger partial charge >= 0.3 is 0 Å². The first-order valence-corrected chi connectivity index (χ1v) is 7.09. The topological polar surface area (TPSA) is 47.3 Å². The molecule has 0 unspecified atom stereocenters. The highest BCUT2D eigenvalue weighted by Gasteiger charge is 2.33. The molecule has 3 nitrogen and oxygen atoms in total. The number of hydrogen-bond donors (Lipinski definition) is 2. The largest absolute Gasteiger partial charge is 0.497 e. The molecule has 0 heterocycles. The van der Waals surface area contributed by atoms with Crippen molar-refractivity contribution < 1.29 is 13.5 Å². The first kappa shape index (κ1) is 16.5. The molecule has 0 amide bonds. The van der Waals surface area contributed by atoms with Crippen LogP contribution < -0.4 is 15.8 Å². The van der Waals surface area contributed by atoms with Gasteiger partial charge in [-0.2, -0.15) is 8.78 Å². The third kappa shape index (κ3) is 3.87. The molecule has 0 aliphatic heterocycles. The minimum atomic E-state index is -3.06. The van der Waals surface area contributed by atoms with Crippen molar-refractivity contribution in [2.45, 2.75) is 12.5 Å². The molecular formula is C16H17ClF2N2O. The van der Waals surface area contributed by atoms with Gasteiger partial charge in [-0.05, 0) is 42.0 Å². The normalized spacial score (nSPS) is 11.3. The first-order chi connectivity index (χ1) is 10.5. The van der Waals surface area contributed by atoms with Gasteiger partial charge in [0.15, 0.2) is 0 Å². The highest BCUT2D eigenvalue weighted by atomic mass is 35.5. The number of nitrogens with one attached hydrogen (secondary N) is 1. The molecule has 2 aromatic rings. The van der Waals surface area contributed by atoms with Gasteiger partial charge in [-0.15, -0.1) is 0 Å². The lowest BCUT2D eigenvalue weighted by molar-refractivity contribution is 0.00972. The fourth-order valence-electron chi connectivity index (χ4n) is 2.11. The van der Waals surface area contributed by atoms with Crippen molar-refractivity contribution in [2.75, 3.05) is 19.0 Å². The van der Waals surface area contributed by atoms with Gasteiger partial charge in [-0.1, -0.05) is 17.7 Å². The van der Waals surface area contributed by atoms with E-state index in [2.05, 4.69) is 5.32 Å². The van der Waals surface area contributed by atoms with E-state index in [4.69, 9.17) is 22.1 Å². The van der Waals surface area contributed by atoms with E-state index in [1.54, 1.807) is 31.4 Å². The average Bonchev–Trinajstić information content (AvgIpc) is 2.53. The molecule has 118 valence electrons. The third-order valence-electron chi connectivity index (χ3n) is 3.29. The summed E-state index contributed by atoms with van der Waals surface area (Å²) in [4.78, 5) is 0. The monoisotopic (exact) mass is 326 g/mol. The molecule has 0 bridgehead atoms. The Morgan fingerprint density at radius 3 is 2.45 bits per heavy atom. The summed E-state index contributed by atoms with van der Waals surface area (Å²) in [7, 11) is 1.55. The number of anilines is 1. The van der Waals surface area contributed by atoms with Crippen LogP contribution in [0.25, 0.3) is 0 Å². The smallest absolute Gasteiger partial charge is 0.290 e. The second kappa shape index (κ2) is 6.94. The van der Waals surface area contributed by atoms with Crippen LogP contribution in [0.4, 0.5) is 14.5 Å². The maximum absolute atomic E-state index is 14.4. The summed E-state index contributed by atoms with van der Waals surface area (Å²) in [6.45, 7) is -0.526. The maximum atomic E-state index is 14.4. The molecule has 0 atom stereocenters. The second-order valence-corrected chi connectivity index (χ2v) is 5.23. The van der Waals surface area contributed by atoms with Crippen molar-refractivity contribution in [3.05, 3.63) is 58.6 Å². The maximum Gasteiger partial charge on any atom is 0.290 e. The number of benzene rings is 2. The van der Waals surface area contributed by atoms with Crippen LogP contribution in [0.1, 0.15) is 11.1 Å². The van der Waals surface area contributed by atoms with Crippen molar-refractivity contribution >= 4 is 17.3 Å². The fourth-order valence-corrected chi connectivity index (χ4v) is 2.30. The summed E-state index contributed by atoms with van der Waals surface area (Å²) in [5, 5.41) is 3.11. The van der Waals surface area contributed by atoms with Gasteiger partial charge in [0.2, 0.25) is 0 Å². The molecule has 3 N–H and O–H groups in total. The standard InChI is InChI=1S/C16H17ClF2N2O/c1-22-14-5-3-13(4-6-14)21-10-16(18,19)15-7-2-12(17)8-11(15)9-20/h2-8,21H,9-10,20H2,1H3. The van der Waals surface area contributed by atoms with Gasteiger partial charge in [0.05, 0.1) is 13.7 Å². The third-order valence-corrected chi connectivity index (χ3v) is 3.52. The molecule has 0 aromatic heterocycles. The Kier molecular flexibility index (Phi) is 5.21. The summed E-state index contributed by atoms with van der Waals surface area (Å²) in [6.07, 6.45) is 0. The lowest BCUT2D eigenvalue weighted by Crippen LogP contribution is -2.26. The average molecular weight is 327 g/mol. The summed E-state index contributed by atoms with van der Waals surface area (Å²) >= 11 is 5.82. The summed E-state index contributed by atoms with van der Waals surface area (Å²) in [5.41, 5.74) is 6.35. The zero-order valence-electron chi connectivity index (χ0n) is 12.1. The number of nitrogens with two attached hydrogens (primary N) is 1. The summed E-state index contributed by atoms with van der Waals surface area (Å²) < 4.78 is 33.8. The highest BCUT2D eigenvalue weighted by Crippen LogP contribution is 2.32. The van der Waals surface area contributed by atoms with Crippen LogP contribution in [-0.2, 0) is 12.5 Å². The molecule has 0 saturated carbocycles. The number of alkyl halides is 2. The van der Waals surface area contributed by atoms with E-state index in [9.17, 15) is 8.78 Å². The predicted molar refractivity (Wildman–Crippen MR) is 84.7 cm³/mol. The Morgan fingerprint density at radius 2 is 1.86 bits per heavy atom. The fraction of sp³-hybridized carbons (Fsp3) is 0.250. The minimum absolute atomic E-state index is 0.00796. The molecule has 0 aliphatic carbocycles. The van der Waals surface area contributed by atoms with Crippen LogP contribution in [0.15, 0.2) is 42.5 Å². The first-order valence-electron chi connectivity index (χ1n) is 6.71. The highest BCUT2D eigenvalue weighted by molar-refractivity contribution is 6.30. The number of ether oxygens (including phenoxy) is 1. The molecule has 0 radical (unpaired) electrons. The van der Waals surface area contributed by atoms with Crippen molar-refractivity contribution in [2.24, 2.45) is 5.73 Å². The number of hydrogen-bond acceptors (Lipinski definition) is 3. The Balaban J connectivity index is 2.13. The summed E-state index contributed by atoms with van der Waals surface area (Å²) in [6, 6.07) is 11.0. The lowest BCUT2D eigenvalue weighted by Gasteiger charge is -2.21. The van der Waals surface area contributed by atoms with Gasteiger partial charge in [0.1, 0.15) is 5.75 Å². The number of methoxy groups -OCH3 is 1. The SMILES string of the molecule is COc1ccc(NCC(F)(F)c2ccc(Cl)cc2CN)cc1. The van der Waals surface area contributed by atoms with Crippen LogP contribution in [0.3, 0.4) is 0 Å². The van der Waals surface area contributed by atoms with E-state index in [1.807, 2.05) is 0 Å². The van der Waals surface area contributed by atoms with Crippen LogP contribution in [0.5, 0.6) is 5.75 Å². The molecule has 0 fully saturated rings. The second-order valence-electron chi connectivity index (χ2n) is 4.79. The molecule has 0 saturated heterocycles. The zero-order chi connectivity index (χ0) is 16.2. The van der Waals surface area contributed by atoms with Crippen molar-refractivity contribution in [1.29, 1.82) is 0 Å². The predicted octanol–water partition coefficient (Wildman–Crippen LogP) is 4.01. The Morgan fingerprint density at radius 1 is 1.18 bits per heavy atom. The van der Waals surface area contributed by atoms with Crippen LogP contribution in [0.2, 0.25) is 5.02 Å². The number of rotatable bonds is 6. The molecule has 0 aliphatic rings. The van der Waals surface area contributed by atoms with Crippen molar-refractivity contribution in [3.8, 4) is 5.75 Å². The summed E-state index contributed by atoms with van der Waals surface area (Å²) in [5.74, 6) is -2.39. The van der Waals surface area contributed by atoms with E-state index < -0.39 is 12.5 Å². The van der Waals surface area contributed by atoms with Crippen LogP contribution in [-0.4, -0.2) is 13.7 Å². The van der Waals surface area contributed by atoms with E-state index in [0.717, 1.165) is 0 Å². The van der Waals surface area contributed by atoms with Gasteiger partial charge in [0, 0.05) is 22.8 Å². The van der Waals surface area contributed by atoms with E-state index in [1.165, 1.54) is 18.2 Å². The number of halogens is 3. The zero-order valence-corrected chi connectivity index (χ0v) is 12.8. The van der Waals surface area contributed by atoms with Crippen molar-refractivity contribution in [1.82, 2.24) is 0 Å². The molecule has 2 aromatic carbocycles. The van der Waals surface area contributed by atoms with E-state index >= 15 is 0 Å². The molecule has 2 rings (SSSR count). The van der Waals surface area contributed by atoms with Gasteiger partial charge in [-0.3, -0.25) is 0 Å². The quantitative estimate of drug-likeness (QED) is 0.843. The Labute approximate surface area is 133 Å². The Bertz CT molecular complexity index is 633. The molecule has 6 heteroatoms.